The highest BCUT2D eigenvalue weighted by molar-refractivity contribution is 5.87. The lowest BCUT2D eigenvalue weighted by molar-refractivity contribution is 0.0697. The number of carboxylic acids is 1. The van der Waals surface area contributed by atoms with Crippen LogP contribution in [-0.4, -0.2) is 41.1 Å². The first-order chi connectivity index (χ1) is 10.2. The molecule has 3 rings (SSSR count). The summed E-state index contributed by atoms with van der Waals surface area (Å²) < 4.78 is 0. The minimum atomic E-state index is -0.854. The Hall–Kier alpha value is -1.39. The maximum Gasteiger partial charge on any atom is 0.335 e. The van der Waals surface area contributed by atoms with E-state index in [1.165, 1.54) is 37.7 Å². The molecule has 0 bridgehead atoms. The van der Waals surface area contributed by atoms with Crippen molar-refractivity contribution in [1.29, 1.82) is 0 Å². The number of likely N-dealkylation sites (tertiary alicyclic amines) is 1. The number of hydrogen-bond donors (Lipinski definition) is 2. The molecule has 2 aliphatic rings. The second-order valence-electron chi connectivity index (χ2n) is 6.24. The van der Waals surface area contributed by atoms with Crippen LogP contribution in [0.5, 0.6) is 0 Å². The van der Waals surface area contributed by atoms with Crippen molar-refractivity contribution < 1.29 is 9.90 Å². The highest BCUT2D eigenvalue weighted by atomic mass is 16.4. The van der Waals surface area contributed by atoms with E-state index in [-0.39, 0.29) is 0 Å². The molecule has 0 amide bonds. The van der Waals surface area contributed by atoms with Crippen molar-refractivity contribution >= 4 is 5.97 Å². The van der Waals surface area contributed by atoms with Gasteiger partial charge in [-0.25, -0.2) is 4.79 Å². The molecule has 0 saturated carbocycles. The van der Waals surface area contributed by atoms with Gasteiger partial charge >= 0.3 is 5.97 Å². The van der Waals surface area contributed by atoms with Crippen molar-refractivity contribution in [2.45, 2.75) is 50.7 Å². The van der Waals surface area contributed by atoms with Gasteiger partial charge in [-0.3, -0.25) is 4.90 Å². The molecular formula is C17H24N2O2. The Bertz CT molecular complexity index is 480. The van der Waals surface area contributed by atoms with Crippen LogP contribution in [-0.2, 0) is 6.54 Å². The Labute approximate surface area is 126 Å². The third-order valence-electron chi connectivity index (χ3n) is 4.81. The van der Waals surface area contributed by atoms with Crippen molar-refractivity contribution in [3.05, 3.63) is 35.4 Å². The molecule has 2 saturated heterocycles. The van der Waals surface area contributed by atoms with E-state index in [1.54, 1.807) is 12.1 Å². The minimum absolute atomic E-state index is 0.367. The molecule has 2 N–H and O–H groups in total. The van der Waals surface area contributed by atoms with E-state index in [1.807, 2.05) is 12.1 Å². The number of benzene rings is 1. The van der Waals surface area contributed by atoms with Gasteiger partial charge in [-0.15, -0.1) is 0 Å². The molecule has 114 valence electrons. The summed E-state index contributed by atoms with van der Waals surface area (Å²) in [5.74, 6) is -0.854. The van der Waals surface area contributed by atoms with Gasteiger partial charge in [0.2, 0.25) is 0 Å². The standard InChI is InChI=1S/C17H24N2O2/c20-17(21)14-8-6-13(7-9-14)12-19-11-2-1-5-16(19)15-4-3-10-18-15/h6-9,15-16,18H,1-5,10-12H2,(H,20,21). The van der Waals surface area contributed by atoms with E-state index in [2.05, 4.69) is 10.2 Å². The van der Waals surface area contributed by atoms with Crippen LogP contribution in [0.1, 0.15) is 48.0 Å². The fraction of sp³-hybridized carbons (Fsp3) is 0.588. The molecule has 0 aromatic heterocycles. The van der Waals surface area contributed by atoms with Crippen molar-refractivity contribution in [3.8, 4) is 0 Å². The fourth-order valence-electron chi connectivity index (χ4n) is 3.70. The van der Waals surface area contributed by atoms with Crippen LogP contribution in [0.4, 0.5) is 0 Å². The largest absolute Gasteiger partial charge is 0.478 e. The summed E-state index contributed by atoms with van der Waals surface area (Å²) in [6.07, 6.45) is 6.47. The molecule has 2 atom stereocenters. The molecule has 4 nitrogen and oxygen atoms in total. The van der Waals surface area contributed by atoms with Gasteiger partial charge in [-0.2, -0.15) is 0 Å². The van der Waals surface area contributed by atoms with Crippen LogP contribution in [0.2, 0.25) is 0 Å². The van der Waals surface area contributed by atoms with Crippen molar-refractivity contribution in [1.82, 2.24) is 10.2 Å². The van der Waals surface area contributed by atoms with E-state index in [0.29, 0.717) is 17.6 Å². The number of nitrogens with one attached hydrogen (secondary N) is 1. The second-order valence-corrected chi connectivity index (χ2v) is 6.24. The zero-order chi connectivity index (χ0) is 14.7. The zero-order valence-corrected chi connectivity index (χ0v) is 12.4. The minimum Gasteiger partial charge on any atom is -0.478 e. The topological polar surface area (TPSA) is 52.6 Å². The smallest absolute Gasteiger partial charge is 0.335 e. The number of piperidine rings is 1. The second kappa shape index (κ2) is 6.58. The van der Waals surface area contributed by atoms with Gasteiger partial charge < -0.3 is 10.4 Å². The summed E-state index contributed by atoms with van der Waals surface area (Å²) in [4.78, 5) is 13.5. The first kappa shape index (κ1) is 14.5. The quantitative estimate of drug-likeness (QED) is 0.894. The average Bonchev–Trinajstić information content (AvgIpc) is 3.02. The molecule has 2 heterocycles. The van der Waals surface area contributed by atoms with Gasteiger partial charge in [-0.05, 0) is 56.5 Å². The van der Waals surface area contributed by atoms with Crippen LogP contribution in [0.3, 0.4) is 0 Å². The summed E-state index contributed by atoms with van der Waals surface area (Å²) in [6.45, 7) is 3.24. The number of aromatic carboxylic acids is 1. The van der Waals surface area contributed by atoms with Crippen LogP contribution in [0, 0.1) is 0 Å². The predicted molar refractivity (Wildman–Crippen MR) is 82.5 cm³/mol. The Balaban J connectivity index is 1.67. The average molecular weight is 288 g/mol. The van der Waals surface area contributed by atoms with Crippen LogP contribution >= 0.6 is 0 Å². The maximum absolute atomic E-state index is 10.9. The van der Waals surface area contributed by atoms with Gasteiger partial charge in [0.1, 0.15) is 0 Å². The van der Waals surface area contributed by atoms with E-state index in [9.17, 15) is 4.79 Å². The van der Waals surface area contributed by atoms with Crippen molar-refractivity contribution in [2.75, 3.05) is 13.1 Å². The molecule has 0 radical (unpaired) electrons. The normalized spacial score (nSPS) is 26.9. The summed E-state index contributed by atoms with van der Waals surface area (Å²) in [7, 11) is 0. The summed E-state index contributed by atoms with van der Waals surface area (Å²) in [5.41, 5.74) is 1.58. The van der Waals surface area contributed by atoms with Gasteiger partial charge in [0, 0.05) is 18.6 Å². The highest BCUT2D eigenvalue weighted by Gasteiger charge is 2.31. The molecular weight excluding hydrogens is 264 g/mol. The Morgan fingerprint density at radius 3 is 2.67 bits per heavy atom. The molecule has 1 aromatic carbocycles. The molecule has 2 unspecified atom stereocenters. The van der Waals surface area contributed by atoms with Crippen molar-refractivity contribution in [2.24, 2.45) is 0 Å². The molecule has 0 spiro atoms. The number of carboxylic acid groups (broad SMARTS) is 1. The van der Waals surface area contributed by atoms with Gasteiger partial charge in [0.25, 0.3) is 0 Å². The molecule has 2 aliphatic heterocycles. The lowest BCUT2D eigenvalue weighted by atomic mass is 9.94. The molecule has 2 fully saturated rings. The molecule has 4 heteroatoms. The van der Waals surface area contributed by atoms with Crippen molar-refractivity contribution in [3.63, 3.8) is 0 Å². The SMILES string of the molecule is O=C(O)c1ccc(CN2CCCCC2C2CCCN2)cc1. The van der Waals surface area contributed by atoms with Crippen LogP contribution in [0.25, 0.3) is 0 Å². The first-order valence-electron chi connectivity index (χ1n) is 8.04. The van der Waals surface area contributed by atoms with E-state index >= 15 is 0 Å². The number of hydrogen-bond acceptors (Lipinski definition) is 3. The maximum atomic E-state index is 10.9. The fourth-order valence-corrected chi connectivity index (χ4v) is 3.70. The molecule has 0 aliphatic carbocycles. The van der Waals surface area contributed by atoms with Crippen LogP contribution in [0.15, 0.2) is 24.3 Å². The molecule has 21 heavy (non-hydrogen) atoms. The summed E-state index contributed by atoms with van der Waals surface area (Å²) in [6, 6.07) is 8.62. The van der Waals surface area contributed by atoms with Crippen LogP contribution < -0.4 is 5.32 Å². The number of carbonyl (C=O) groups is 1. The molecule has 1 aromatic rings. The third-order valence-corrected chi connectivity index (χ3v) is 4.81. The zero-order valence-electron chi connectivity index (χ0n) is 12.4. The van der Waals surface area contributed by atoms with Gasteiger partial charge in [0.15, 0.2) is 0 Å². The third kappa shape index (κ3) is 3.44. The Kier molecular flexibility index (Phi) is 4.56. The first-order valence-corrected chi connectivity index (χ1v) is 8.04. The van der Waals surface area contributed by atoms with E-state index in [0.717, 1.165) is 19.6 Å². The lowest BCUT2D eigenvalue weighted by Gasteiger charge is -2.39. The Morgan fingerprint density at radius 1 is 1.19 bits per heavy atom. The highest BCUT2D eigenvalue weighted by Crippen LogP contribution is 2.25. The Morgan fingerprint density at radius 2 is 2.00 bits per heavy atom. The summed E-state index contributed by atoms with van der Waals surface area (Å²) >= 11 is 0. The number of nitrogens with zero attached hydrogens (tertiary/aromatic N) is 1. The van der Waals surface area contributed by atoms with E-state index in [4.69, 9.17) is 5.11 Å². The lowest BCUT2D eigenvalue weighted by Crippen LogP contribution is -2.49. The summed E-state index contributed by atoms with van der Waals surface area (Å²) in [5, 5.41) is 12.6. The van der Waals surface area contributed by atoms with E-state index < -0.39 is 5.97 Å². The van der Waals surface area contributed by atoms with Gasteiger partial charge in [0.05, 0.1) is 5.56 Å². The van der Waals surface area contributed by atoms with Gasteiger partial charge in [-0.1, -0.05) is 18.6 Å². The predicted octanol–water partition coefficient (Wildman–Crippen LogP) is 2.49. The monoisotopic (exact) mass is 288 g/mol. The number of rotatable bonds is 4.